The van der Waals surface area contributed by atoms with Crippen molar-refractivity contribution in [2.45, 2.75) is 136 Å². The van der Waals surface area contributed by atoms with Crippen LogP contribution in [0.3, 0.4) is 0 Å². The van der Waals surface area contributed by atoms with Crippen LogP contribution in [0.2, 0.25) is 0 Å². The topological polar surface area (TPSA) is 90.2 Å². The van der Waals surface area contributed by atoms with Gasteiger partial charge in [-0.15, -0.1) is 0 Å². The SMILES string of the molecule is CC1CC(C(O)C(C)(C)O)OC2C(O)C3C4CCC5C(C)(C)C(C)(O)CCC56C(C)C46CCC3(C)C12. The van der Waals surface area contributed by atoms with Crippen LogP contribution in [0.25, 0.3) is 0 Å². The highest BCUT2D eigenvalue weighted by Crippen LogP contribution is 2.90. The summed E-state index contributed by atoms with van der Waals surface area (Å²) in [5.74, 6) is 2.50. The lowest BCUT2D eigenvalue weighted by molar-refractivity contribution is -0.201. The van der Waals surface area contributed by atoms with E-state index in [9.17, 15) is 20.4 Å². The fourth-order valence-corrected chi connectivity index (χ4v) is 12.4. The molecule has 36 heavy (non-hydrogen) atoms. The van der Waals surface area contributed by atoms with Gasteiger partial charge in [0.1, 0.15) is 6.10 Å². The van der Waals surface area contributed by atoms with Gasteiger partial charge in [-0.2, -0.15) is 0 Å². The van der Waals surface area contributed by atoms with Gasteiger partial charge in [0.15, 0.2) is 0 Å². The molecule has 0 bridgehead atoms. The smallest absolute Gasteiger partial charge is 0.108 e. The molecule has 0 aromatic heterocycles. The second kappa shape index (κ2) is 7.30. The molecule has 6 rings (SSSR count). The Bertz CT molecular complexity index is 922. The molecule has 1 aliphatic heterocycles. The quantitative estimate of drug-likeness (QED) is 0.443. The number of fused-ring (bicyclic) bond motifs is 4. The second-order valence-electron chi connectivity index (χ2n) is 16.0. The maximum Gasteiger partial charge on any atom is 0.108 e. The van der Waals surface area contributed by atoms with E-state index in [1.54, 1.807) is 13.8 Å². The molecule has 14 unspecified atom stereocenters. The summed E-state index contributed by atoms with van der Waals surface area (Å²) in [5.41, 5.74) is -1.35. The number of aliphatic hydroxyl groups is 4. The highest BCUT2D eigenvalue weighted by Gasteiger charge is 2.86. The van der Waals surface area contributed by atoms with Crippen LogP contribution >= 0.6 is 0 Å². The standard InChI is InChI=1S/C31H52O5/c1-16-15-19(25(33)27(5,6)34)36-24-21(16)28(7)11-13-30-17(2)31(30)14-12-29(8,35)26(3,4)20(31)10-9-18(30)22(28)23(24)32/h16-25,32-35H,9-15H2,1-8H3. The summed E-state index contributed by atoms with van der Waals surface area (Å²) in [4.78, 5) is 0. The van der Waals surface area contributed by atoms with Gasteiger partial charge >= 0.3 is 0 Å². The highest BCUT2D eigenvalue weighted by molar-refractivity contribution is 5.33. The van der Waals surface area contributed by atoms with E-state index in [0.717, 1.165) is 38.5 Å². The summed E-state index contributed by atoms with van der Waals surface area (Å²) < 4.78 is 6.56. The lowest BCUT2D eigenvalue weighted by atomic mass is 9.44. The van der Waals surface area contributed by atoms with E-state index in [1.165, 1.54) is 6.42 Å². The molecular weight excluding hydrogens is 452 g/mol. The molecule has 5 aliphatic carbocycles. The fourth-order valence-electron chi connectivity index (χ4n) is 12.4. The van der Waals surface area contributed by atoms with E-state index in [0.29, 0.717) is 29.1 Å². The molecule has 1 heterocycles. The Kier molecular flexibility index (Phi) is 5.28. The Morgan fingerprint density at radius 1 is 0.917 bits per heavy atom. The first-order valence-electron chi connectivity index (χ1n) is 14.9. The molecule has 0 aromatic carbocycles. The first kappa shape index (κ1) is 26.0. The average molecular weight is 505 g/mol. The van der Waals surface area contributed by atoms with Crippen molar-refractivity contribution in [1.82, 2.24) is 0 Å². The zero-order valence-corrected chi connectivity index (χ0v) is 23.9. The Morgan fingerprint density at radius 3 is 2.19 bits per heavy atom. The molecule has 0 radical (unpaired) electrons. The van der Waals surface area contributed by atoms with Crippen molar-refractivity contribution < 1.29 is 25.2 Å². The van der Waals surface area contributed by atoms with Crippen molar-refractivity contribution in [3.05, 3.63) is 0 Å². The van der Waals surface area contributed by atoms with E-state index < -0.39 is 29.5 Å². The van der Waals surface area contributed by atoms with Crippen molar-refractivity contribution in [3.8, 4) is 0 Å². The zero-order valence-electron chi connectivity index (χ0n) is 23.9. The van der Waals surface area contributed by atoms with E-state index in [1.807, 2.05) is 0 Å². The van der Waals surface area contributed by atoms with Gasteiger partial charge in [-0.25, -0.2) is 0 Å². The predicted octanol–water partition coefficient (Wildman–Crippen LogP) is 4.54. The predicted molar refractivity (Wildman–Crippen MR) is 139 cm³/mol. The summed E-state index contributed by atoms with van der Waals surface area (Å²) in [6.07, 6.45) is 5.16. The summed E-state index contributed by atoms with van der Waals surface area (Å²) in [7, 11) is 0. The third-order valence-corrected chi connectivity index (χ3v) is 14.4. The van der Waals surface area contributed by atoms with Crippen LogP contribution < -0.4 is 0 Å². The molecule has 5 nitrogen and oxygen atoms in total. The van der Waals surface area contributed by atoms with Crippen LogP contribution in [0.4, 0.5) is 0 Å². The Labute approximate surface area is 218 Å². The van der Waals surface area contributed by atoms with Crippen LogP contribution in [0.5, 0.6) is 0 Å². The molecule has 6 fully saturated rings. The summed E-state index contributed by atoms with van der Waals surface area (Å²) in [5, 5.41) is 44.8. The first-order chi connectivity index (χ1) is 16.5. The number of aliphatic hydroxyl groups excluding tert-OH is 2. The molecule has 6 aliphatic rings. The second-order valence-corrected chi connectivity index (χ2v) is 16.0. The van der Waals surface area contributed by atoms with Gasteiger partial charge in [0, 0.05) is 0 Å². The molecule has 5 heteroatoms. The Hall–Kier alpha value is -0.200. The van der Waals surface area contributed by atoms with Crippen LogP contribution in [-0.4, -0.2) is 56.0 Å². The zero-order chi connectivity index (χ0) is 26.4. The van der Waals surface area contributed by atoms with Crippen LogP contribution in [0.1, 0.15) is 100 Å². The van der Waals surface area contributed by atoms with Crippen molar-refractivity contribution in [3.63, 3.8) is 0 Å². The third kappa shape index (κ3) is 2.76. The van der Waals surface area contributed by atoms with Crippen LogP contribution in [-0.2, 0) is 4.74 Å². The van der Waals surface area contributed by atoms with Crippen LogP contribution in [0.15, 0.2) is 0 Å². The summed E-state index contributed by atoms with van der Waals surface area (Å²) >= 11 is 0. The van der Waals surface area contributed by atoms with Gasteiger partial charge in [-0.1, -0.05) is 34.6 Å². The van der Waals surface area contributed by atoms with Gasteiger partial charge in [0.05, 0.1) is 29.5 Å². The minimum atomic E-state index is -1.23. The maximum absolute atomic E-state index is 12.0. The van der Waals surface area contributed by atoms with Gasteiger partial charge in [0.2, 0.25) is 0 Å². The van der Waals surface area contributed by atoms with E-state index >= 15 is 0 Å². The monoisotopic (exact) mass is 504 g/mol. The number of rotatable bonds is 2. The van der Waals surface area contributed by atoms with Crippen molar-refractivity contribution in [2.75, 3.05) is 0 Å². The van der Waals surface area contributed by atoms with Crippen molar-refractivity contribution >= 4 is 0 Å². The van der Waals surface area contributed by atoms with Crippen molar-refractivity contribution in [2.24, 2.45) is 57.2 Å². The minimum Gasteiger partial charge on any atom is -0.390 e. The molecule has 14 atom stereocenters. The number of hydrogen-bond acceptors (Lipinski definition) is 5. The normalized spacial score (nSPS) is 60.2. The van der Waals surface area contributed by atoms with Gasteiger partial charge in [-0.05, 0) is 123 Å². The Morgan fingerprint density at radius 2 is 1.56 bits per heavy atom. The Balaban J connectivity index is 1.35. The molecule has 2 spiro atoms. The molecule has 4 N–H and O–H groups in total. The first-order valence-corrected chi connectivity index (χ1v) is 14.9. The van der Waals surface area contributed by atoms with Gasteiger partial charge < -0.3 is 25.2 Å². The largest absolute Gasteiger partial charge is 0.390 e. The number of hydrogen-bond donors (Lipinski definition) is 4. The fraction of sp³-hybridized carbons (Fsp3) is 1.00. The van der Waals surface area contributed by atoms with E-state index in [4.69, 9.17) is 4.74 Å². The lowest BCUT2D eigenvalue weighted by Crippen LogP contribution is -2.59. The summed E-state index contributed by atoms with van der Waals surface area (Å²) in [6.45, 7) is 17.2. The highest BCUT2D eigenvalue weighted by atomic mass is 16.5. The minimum absolute atomic E-state index is 0.0378. The van der Waals surface area contributed by atoms with E-state index in [-0.39, 0.29) is 34.2 Å². The average Bonchev–Trinajstić information content (AvgIpc) is 3.21. The molecule has 0 aromatic rings. The third-order valence-electron chi connectivity index (χ3n) is 14.4. The number of ether oxygens (including phenoxy) is 1. The molecule has 5 saturated carbocycles. The maximum atomic E-state index is 12.0. The summed E-state index contributed by atoms with van der Waals surface area (Å²) in [6, 6.07) is 0. The van der Waals surface area contributed by atoms with E-state index in [2.05, 4.69) is 41.5 Å². The molecule has 0 amide bonds. The molecule has 1 saturated heterocycles. The van der Waals surface area contributed by atoms with Crippen molar-refractivity contribution in [1.29, 1.82) is 0 Å². The molecular formula is C31H52O5. The van der Waals surface area contributed by atoms with Crippen LogP contribution in [0, 0.1) is 57.2 Å². The van der Waals surface area contributed by atoms with Gasteiger partial charge in [-0.3, -0.25) is 0 Å². The lowest BCUT2D eigenvalue weighted by Gasteiger charge is -2.61. The molecule has 206 valence electrons. The van der Waals surface area contributed by atoms with Gasteiger partial charge in [0.25, 0.3) is 0 Å².